The molecule has 6 nitrogen and oxygen atoms in total. The van der Waals surface area contributed by atoms with Gasteiger partial charge in [-0.05, 0) is 62.9 Å². The molecule has 2 N–H and O–H groups in total. The lowest BCUT2D eigenvalue weighted by molar-refractivity contribution is 0.182. The Morgan fingerprint density at radius 3 is 2.74 bits per heavy atom. The molecule has 0 spiro atoms. The number of ether oxygens (including phenoxy) is 2. The molecule has 1 aromatic carbocycles. The van der Waals surface area contributed by atoms with Crippen LogP contribution in [0.15, 0.2) is 23.2 Å². The molecule has 1 aliphatic heterocycles. The van der Waals surface area contributed by atoms with E-state index in [1.165, 1.54) is 25.9 Å². The van der Waals surface area contributed by atoms with Crippen molar-refractivity contribution in [2.24, 2.45) is 10.9 Å². The first-order valence-corrected chi connectivity index (χ1v) is 10.1. The van der Waals surface area contributed by atoms with E-state index in [0.29, 0.717) is 6.54 Å². The number of guanidine groups is 1. The van der Waals surface area contributed by atoms with Gasteiger partial charge in [-0.3, -0.25) is 0 Å². The molecular weight excluding hydrogens is 340 g/mol. The summed E-state index contributed by atoms with van der Waals surface area (Å²) in [6.45, 7) is 10.5. The molecule has 0 radical (unpaired) electrons. The van der Waals surface area contributed by atoms with Crippen LogP contribution in [0.25, 0.3) is 0 Å². The standard InChI is InChI=1S/C21H36N4O2/c1-5-22-21(23-11-7-13-25-12-6-8-17(2)16-25)24-15-18-9-10-19(26-3)20(14-18)27-4/h9-10,14,17H,5-8,11-13,15-16H2,1-4H3,(H2,22,23,24). The average molecular weight is 377 g/mol. The molecule has 1 saturated heterocycles. The molecule has 1 heterocycles. The fourth-order valence-corrected chi connectivity index (χ4v) is 3.49. The van der Waals surface area contributed by atoms with E-state index in [9.17, 15) is 0 Å². The Bertz CT molecular complexity index is 592. The normalized spacial score (nSPS) is 18.2. The Kier molecular flexibility index (Phi) is 9.25. The van der Waals surface area contributed by atoms with Gasteiger partial charge in [0.2, 0.25) is 0 Å². The molecule has 1 fully saturated rings. The Morgan fingerprint density at radius 2 is 2.04 bits per heavy atom. The molecule has 152 valence electrons. The van der Waals surface area contributed by atoms with E-state index in [-0.39, 0.29) is 0 Å². The Labute approximate surface area is 164 Å². The van der Waals surface area contributed by atoms with Crippen molar-refractivity contribution in [1.29, 1.82) is 0 Å². The Morgan fingerprint density at radius 1 is 1.22 bits per heavy atom. The van der Waals surface area contributed by atoms with Gasteiger partial charge in [0.1, 0.15) is 0 Å². The smallest absolute Gasteiger partial charge is 0.191 e. The number of benzene rings is 1. The molecule has 0 aliphatic carbocycles. The van der Waals surface area contributed by atoms with Crippen LogP contribution in [0.5, 0.6) is 11.5 Å². The third-order valence-corrected chi connectivity index (χ3v) is 4.90. The van der Waals surface area contributed by atoms with Crippen molar-refractivity contribution in [2.45, 2.75) is 39.7 Å². The summed E-state index contributed by atoms with van der Waals surface area (Å²) >= 11 is 0. The monoisotopic (exact) mass is 376 g/mol. The molecule has 0 saturated carbocycles. The van der Waals surface area contributed by atoms with E-state index >= 15 is 0 Å². The maximum atomic E-state index is 5.37. The zero-order valence-electron chi connectivity index (χ0n) is 17.4. The van der Waals surface area contributed by atoms with Crippen LogP contribution in [0.2, 0.25) is 0 Å². The van der Waals surface area contributed by atoms with Crippen LogP contribution in [-0.4, -0.2) is 57.8 Å². The van der Waals surface area contributed by atoms with Gasteiger partial charge >= 0.3 is 0 Å². The first-order chi connectivity index (χ1) is 13.2. The summed E-state index contributed by atoms with van der Waals surface area (Å²) in [4.78, 5) is 7.28. The Hall–Kier alpha value is -1.95. The van der Waals surface area contributed by atoms with Gasteiger partial charge in [-0.25, -0.2) is 4.99 Å². The van der Waals surface area contributed by atoms with Gasteiger partial charge in [0.15, 0.2) is 17.5 Å². The minimum atomic E-state index is 0.597. The van der Waals surface area contributed by atoms with Crippen LogP contribution < -0.4 is 20.1 Å². The topological polar surface area (TPSA) is 58.1 Å². The highest BCUT2D eigenvalue weighted by molar-refractivity contribution is 5.79. The van der Waals surface area contributed by atoms with E-state index < -0.39 is 0 Å². The van der Waals surface area contributed by atoms with Gasteiger partial charge in [-0.15, -0.1) is 0 Å². The average Bonchev–Trinajstić information content (AvgIpc) is 2.69. The van der Waals surface area contributed by atoms with Crippen LogP contribution >= 0.6 is 0 Å². The molecule has 0 aromatic heterocycles. The van der Waals surface area contributed by atoms with Crippen molar-refractivity contribution < 1.29 is 9.47 Å². The zero-order valence-corrected chi connectivity index (χ0v) is 17.4. The number of rotatable bonds is 9. The minimum Gasteiger partial charge on any atom is -0.493 e. The van der Waals surface area contributed by atoms with Crippen molar-refractivity contribution in [3.05, 3.63) is 23.8 Å². The van der Waals surface area contributed by atoms with Crippen molar-refractivity contribution in [3.63, 3.8) is 0 Å². The van der Waals surface area contributed by atoms with Gasteiger partial charge in [-0.2, -0.15) is 0 Å². The third-order valence-electron chi connectivity index (χ3n) is 4.90. The van der Waals surface area contributed by atoms with Crippen molar-refractivity contribution in [2.75, 3.05) is 46.9 Å². The molecule has 27 heavy (non-hydrogen) atoms. The summed E-state index contributed by atoms with van der Waals surface area (Å²) in [6, 6.07) is 5.92. The van der Waals surface area contributed by atoms with Crippen LogP contribution in [0.3, 0.4) is 0 Å². The number of nitrogens with one attached hydrogen (secondary N) is 2. The van der Waals surface area contributed by atoms with Crippen molar-refractivity contribution in [1.82, 2.24) is 15.5 Å². The SMILES string of the molecule is CCNC(=NCc1ccc(OC)c(OC)c1)NCCCN1CCCC(C)C1. The maximum absolute atomic E-state index is 5.37. The second kappa shape index (κ2) is 11.7. The summed E-state index contributed by atoms with van der Waals surface area (Å²) < 4.78 is 10.7. The molecule has 0 bridgehead atoms. The number of methoxy groups -OCH3 is 2. The zero-order chi connectivity index (χ0) is 19.5. The second-order valence-corrected chi connectivity index (χ2v) is 7.21. The summed E-state index contributed by atoms with van der Waals surface area (Å²) in [5.41, 5.74) is 1.09. The molecule has 0 amide bonds. The van der Waals surface area contributed by atoms with E-state index in [4.69, 9.17) is 14.5 Å². The highest BCUT2D eigenvalue weighted by Gasteiger charge is 2.15. The van der Waals surface area contributed by atoms with E-state index in [1.807, 2.05) is 18.2 Å². The first-order valence-electron chi connectivity index (χ1n) is 10.1. The molecule has 1 aromatic rings. The van der Waals surface area contributed by atoms with Crippen LogP contribution in [0.4, 0.5) is 0 Å². The number of hydrogen-bond donors (Lipinski definition) is 2. The number of nitrogens with zero attached hydrogens (tertiary/aromatic N) is 2. The quantitative estimate of drug-likeness (QED) is 0.394. The predicted molar refractivity (Wildman–Crippen MR) is 112 cm³/mol. The van der Waals surface area contributed by atoms with Crippen molar-refractivity contribution >= 4 is 5.96 Å². The number of piperidine rings is 1. The fourth-order valence-electron chi connectivity index (χ4n) is 3.49. The molecule has 1 unspecified atom stereocenters. The summed E-state index contributed by atoms with van der Waals surface area (Å²) in [5.74, 6) is 3.17. The predicted octanol–water partition coefficient (Wildman–Crippen LogP) is 2.88. The highest BCUT2D eigenvalue weighted by Crippen LogP contribution is 2.27. The molecule has 1 aliphatic rings. The summed E-state index contributed by atoms with van der Waals surface area (Å²) in [7, 11) is 3.30. The van der Waals surface area contributed by atoms with Gasteiger partial charge in [0.25, 0.3) is 0 Å². The highest BCUT2D eigenvalue weighted by atomic mass is 16.5. The lowest BCUT2D eigenvalue weighted by atomic mass is 10.0. The number of hydrogen-bond acceptors (Lipinski definition) is 4. The lowest BCUT2D eigenvalue weighted by Gasteiger charge is -2.30. The molecule has 1 atom stereocenters. The second-order valence-electron chi connectivity index (χ2n) is 7.21. The van der Waals surface area contributed by atoms with Crippen LogP contribution in [-0.2, 0) is 6.54 Å². The van der Waals surface area contributed by atoms with E-state index in [0.717, 1.165) is 55.0 Å². The van der Waals surface area contributed by atoms with Gasteiger partial charge in [0, 0.05) is 19.6 Å². The molecule has 2 rings (SSSR count). The van der Waals surface area contributed by atoms with E-state index in [1.54, 1.807) is 14.2 Å². The molecule has 6 heteroatoms. The van der Waals surface area contributed by atoms with Gasteiger partial charge in [-0.1, -0.05) is 13.0 Å². The van der Waals surface area contributed by atoms with E-state index in [2.05, 4.69) is 29.4 Å². The van der Waals surface area contributed by atoms with Crippen LogP contribution in [0, 0.1) is 5.92 Å². The number of likely N-dealkylation sites (tertiary alicyclic amines) is 1. The lowest BCUT2D eigenvalue weighted by Crippen LogP contribution is -2.40. The minimum absolute atomic E-state index is 0.597. The summed E-state index contributed by atoms with van der Waals surface area (Å²) in [5, 5.41) is 6.77. The fraction of sp³-hybridized carbons (Fsp3) is 0.667. The van der Waals surface area contributed by atoms with Gasteiger partial charge in [0.05, 0.1) is 20.8 Å². The largest absolute Gasteiger partial charge is 0.493 e. The number of aliphatic imine (C=N–C) groups is 1. The first kappa shape index (κ1) is 21.4. The van der Waals surface area contributed by atoms with Gasteiger partial charge < -0.3 is 25.0 Å². The molecular formula is C21H36N4O2. The van der Waals surface area contributed by atoms with Crippen molar-refractivity contribution in [3.8, 4) is 11.5 Å². The Balaban J connectivity index is 1.81. The third kappa shape index (κ3) is 7.29. The maximum Gasteiger partial charge on any atom is 0.191 e. The summed E-state index contributed by atoms with van der Waals surface area (Å²) in [6.07, 6.45) is 3.85. The van der Waals surface area contributed by atoms with Crippen LogP contribution in [0.1, 0.15) is 38.7 Å².